The van der Waals surface area contributed by atoms with Crippen LogP contribution < -0.4 is 10.2 Å². The monoisotopic (exact) mass is 528 g/mol. The number of aliphatic carboxylic acids is 1. The van der Waals surface area contributed by atoms with Crippen LogP contribution in [0, 0.1) is 11.8 Å². The maximum Gasteiger partial charge on any atom is 0.325 e. The first kappa shape index (κ1) is 23.8. The summed E-state index contributed by atoms with van der Waals surface area (Å²) in [6.07, 6.45) is 0.00956. The summed E-state index contributed by atoms with van der Waals surface area (Å²) in [6, 6.07) is 19.5. The summed E-state index contributed by atoms with van der Waals surface area (Å²) in [7, 11) is 0. The minimum absolute atomic E-state index is 0.00956. The summed E-state index contributed by atoms with van der Waals surface area (Å²) in [4.78, 5) is 41.6. The molecule has 2 aliphatic heterocycles. The minimum Gasteiger partial charge on any atom is -0.480 e. The highest BCUT2D eigenvalue weighted by Crippen LogP contribution is 2.51. The van der Waals surface area contributed by atoms with Crippen LogP contribution in [0.2, 0.25) is 15.1 Å². The fourth-order valence-corrected chi connectivity index (χ4v) is 5.83. The van der Waals surface area contributed by atoms with Crippen LogP contribution in [0.15, 0.2) is 72.8 Å². The van der Waals surface area contributed by atoms with Crippen molar-refractivity contribution in [3.05, 3.63) is 99.0 Å². The van der Waals surface area contributed by atoms with E-state index in [1.165, 1.54) is 18.2 Å². The number of nitrogens with zero attached hydrogens (tertiary/aromatic N) is 1. The molecule has 0 aliphatic carbocycles. The van der Waals surface area contributed by atoms with E-state index in [0.717, 1.165) is 10.5 Å². The summed E-state index contributed by atoms with van der Waals surface area (Å²) in [6.45, 7) is 0. The first-order valence-corrected chi connectivity index (χ1v) is 12.0. The Morgan fingerprint density at radius 3 is 2.20 bits per heavy atom. The predicted molar refractivity (Wildman–Crippen MR) is 134 cm³/mol. The van der Waals surface area contributed by atoms with Crippen molar-refractivity contribution in [3.8, 4) is 0 Å². The predicted octanol–water partition coefficient (Wildman–Crippen LogP) is 5.16. The summed E-state index contributed by atoms with van der Waals surface area (Å²) >= 11 is 18.4. The third-order valence-corrected chi connectivity index (χ3v) is 7.53. The van der Waals surface area contributed by atoms with Gasteiger partial charge in [-0.15, -0.1) is 0 Å². The van der Waals surface area contributed by atoms with Crippen LogP contribution in [0.25, 0.3) is 0 Å². The van der Waals surface area contributed by atoms with Crippen molar-refractivity contribution in [2.24, 2.45) is 11.8 Å². The number of benzene rings is 3. The van der Waals surface area contributed by atoms with Gasteiger partial charge in [-0.2, -0.15) is 0 Å². The molecule has 3 aromatic rings. The number of anilines is 1. The van der Waals surface area contributed by atoms with Crippen molar-refractivity contribution in [2.75, 3.05) is 4.90 Å². The molecule has 3 aromatic carbocycles. The molecule has 6 nitrogen and oxygen atoms in total. The summed E-state index contributed by atoms with van der Waals surface area (Å²) in [5.74, 6) is -4.48. The molecule has 0 aromatic heterocycles. The molecule has 0 unspecified atom stereocenters. The van der Waals surface area contributed by atoms with E-state index in [0.29, 0.717) is 15.6 Å². The van der Waals surface area contributed by atoms with Gasteiger partial charge in [0.1, 0.15) is 5.54 Å². The highest BCUT2D eigenvalue weighted by Gasteiger charge is 2.68. The number of hydrogen-bond donors (Lipinski definition) is 2. The molecule has 2 amide bonds. The fraction of sp³-hybridized carbons (Fsp3) is 0.192. The Kier molecular flexibility index (Phi) is 6.09. The first-order valence-electron chi connectivity index (χ1n) is 10.9. The van der Waals surface area contributed by atoms with Crippen LogP contribution in [0.4, 0.5) is 5.69 Å². The van der Waals surface area contributed by atoms with E-state index in [1.54, 1.807) is 48.5 Å². The number of rotatable bonds is 5. The van der Waals surface area contributed by atoms with E-state index in [-0.39, 0.29) is 17.1 Å². The topological polar surface area (TPSA) is 86.7 Å². The van der Waals surface area contributed by atoms with E-state index >= 15 is 0 Å². The fourth-order valence-electron chi connectivity index (χ4n) is 5.21. The van der Waals surface area contributed by atoms with E-state index in [4.69, 9.17) is 34.8 Å². The summed E-state index contributed by atoms with van der Waals surface area (Å²) in [5.41, 5.74) is -0.169. The van der Waals surface area contributed by atoms with Crippen molar-refractivity contribution >= 4 is 58.3 Å². The van der Waals surface area contributed by atoms with Crippen molar-refractivity contribution in [2.45, 2.75) is 18.0 Å². The lowest BCUT2D eigenvalue weighted by molar-refractivity contribution is -0.148. The van der Waals surface area contributed by atoms with Gasteiger partial charge < -0.3 is 5.11 Å². The van der Waals surface area contributed by atoms with Crippen LogP contribution in [0.5, 0.6) is 0 Å². The van der Waals surface area contributed by atoms with E-state index < -0.39 is 41.2 Å². The maximum absolute atomic E-state index is 13.9. The van der Waals surface area contributed by atoms with Gasteiger partial charge in [-0.3, -0.25) is 19.7 Å². The molecule has 0 bridgehead atoms. The Labute approximate surface area is 216 Å². The number of amides is 2. The summed E-state index contributed by atoms with van der Waals surface area (Å²) in [5, 5.41) is 14.7. The van der Waals surface area contributed by atoms with Crippen LogP contribution in [-0.2, 0) is 20.8 Å². The number of imide groups is 1. The van der Waals surface area contributed by atoms with Gasteiger partial charge in [0.25, 0.3) is 0 Å². The highest BCUT2D eigenvalue weighted by molar-refractivity contribution is 6.38. The average Bonchev–Trinajstić information content (AvgIpc) is 3.30. The molecular formula is C26H19Cl3N2O4. The van der Waals surface area contributed by atoms with Crippen LogP contribution in [0.1, 0.15) is 17.2 Å². The Balaban J connectivity index is 1.67. The Morgan fingerprint density at radius 2 is 1.57 bits per heavy atom. The van der Waals surface area contributed by atoms with Gasteiger partial charge in [0, 0.05) is 22.5 Å². The molecule has 9 heteroatoms. The van der Waals surface area contributed by atoms with Crippen molar-refractivity contribution in [3.63, 3.8) is 0 Å². The number of carboxylic acids is 1. The molecule has 2 saturated heterocycles. The molecule has 35 heavy (non-hydrogen) atoms. The zero-order chi connectivity index (χ0) is 24.9. The van der Waals surface area contributed by atoms with Gasteiger partial charge in [0.2, 0.25) is 11.8 Å². The molecule has 2 fully saturated rings. The molecule has 178 valence electrons. The van der Waals surface area contributed by atoms with Crippen molar-refractivity contribution in [1.29, 1.82) is 0 Å². The maximum atomic E-state index is 13.9. The largest absolute Gasteiger partial charge is 0.480 e. The number of hydrogen-bond acceptors (Lipinski definition) is 4. The molecule has 2 aliphatic rings. The second-order valence-electron chi connectivity index (χ2n) is 8.72. The lowest BCUT2D eigenvalue weighted by Crippen LogP contribution is -2.57. The van der Waals surface area contributed by atoms with Crippen molar-refractivity contribution < 1.29 is 19.5 Å². The Morgan fingerprint density at radius 1 is 0.914 bits per heavy atom. The van der Waals surface area contributed by atoms with Gasteiger partial charge in [0.15, 0.2) is 0 Å². The number of fused-ring (bicyclic) bond motifs is 1. The molecule has 0 saturated carbocycles. The Bertz CT molecular complexity index is 1330. The molecule has 2 N–H and O–H groups in total. The molecule has 0 spiro atoms. The zero-order valence-corrected chi connectivity index (χ0v) is 20.4. The number of halogens is 3. The van der Waals surface area contributed by atoms with Gasteiger partial charge in [0.05, 0.1) is 22.5 Å². The normalized spacial score (nSPS) is 25.7. The van der Waals surface area contributed by atoms with Crippen LogP contribution in [0.3, 0.4) is 0 Å². The highest BCUT2D eigenvalue weighted by atomic mass is 35.5. The van der Waals surface area contributed by atoms with E-state index in [1.807, 2.05) is 6.07 Å². The number of carbonyl (C=O) groups excluding carboxylic acids is 2. The molecule has 0 radical (unpaired) electrons. The molecule has 5 rings (SSSR count). The van der Waals surface area contributed by atoms with Gasteiger partial charge >= 0.3 is 5.97 Å². The molecular weight excluding hydrogens is 511 g/mol. The minimum atomic E-state index is -1.73. The smallest absolute Gasteiger partial charge is 0.325 e. The third-order valence-electron chi connectivity index (χ3n) is 6.74. The average molecular weight is 530 g/mol. The first-order chi connectivity index (χ1) is 16.7. The van der Waals surface area contributed by atoms with Crippen LogP contribution >= 0.6 is 34.8 Å². The van der Waals surface area contributed by atoms with Gasteiger partial charge in [-0.1, -0.05) is 77.3 Å². The number of carbonyl (C=O) groups is 3. The second kappa shape index (κ2) is 8.95. The Hall–Kier alpha value is -2.90. The SMILES string of the molecule is O=C1[C@H]2[C@@H](C(=O)N1c1ccc(Cl)cc1Cl)[C@](Cc1ccccc1)(C(=O)O)N[C@H]2c1ccc(Cl)cc1. The summed E-state index contributed by atoms with van der Waals surface area (Å²) < 4.78 is 0. The lowest BCUT2D eigenvalue weighted by atomic mass is 9.76. The van der Waals surface area contributed by atoms with Gasteiger partial charge in [-0.25, -0.2) is 4.90 Å². The second-order valence-corrected chi connectivity index (χ2v) is 10.0. The molecule has 2 heterocycles. The third kappa shape index (κ3) is 3.91. The standard InChI is InChI=1S/C26H19Cl3N2O4/c27-16-8-6-15(7-9-16)22-20-21(26(30-22,25(34)35)13-14-4-2-1-3-5-14)24(33)31(23(20)32)19-11-10-17(28)12-18(19)29/h1-12,20-22,30H,13H2,(H,34,35)/t20-,21-,22-,26+/m0/s1. The number of carboxylic acid groups (broad SMARTS) is 1. The van der Waals surface area contributed by atoms with E-state index in [2.05, 4.69) is 5.32 Å². The van der Waals surface area contributed by atoms with Crippen LogP contribution in [-0.4, -0.2) is 28.4 Å². The number of nitrogens with one attached hydrogen (secondary N) is 1. The van der Waals surface area contributed by atoms with E-state index in [9.17, 15) is 19.5 Å². The van der Waals surface area contributed by atoms with Crippen molar-refractivity contribution in [1.82, 2.24) is 5.32 Å². The lowest BCUT2D eigenvalue weighted by Gasteiger charge is -2.31. The quantitative estimate of drug-likeness (QED) is 0.446. The van der Waals surface area contributed by atoms with Gasteiger partial charge in [-0.05, 0) is 41.5 Å². The molecule has 4 atom stereocenters. The zero-order valence-electron chi connectivity index (χ0n) is 18.1.